The lowest BCUT2D eigenvalue weighted by Crippen LogP contribution is -2.37. The Morgan fingerprint density at radius 3 is 1.46 bits per heavy atom. The molecular formula is C50H67F5N8O8. The predicted molar refractivity (Wildman–Crippen MR) is 256 cm³/mol. The third-order valence-corrected chi connectivity index (χ3v) is 13.5. The van der Waals surface area contributed by atoms with Crippen LogP contribution in [0.25, 0.3) is 0 Å². The minimum atomic E-state index is -4.48. The van der Waals surface area contributed by atoms with Crippen LogP contribution in [-0.2, 0) is 51.1 Å². The largest absolute Gasteiger partial charge is 0.490 e. The second-order valence-corrected chi connectivity index (χ2v) is 17.5. The Morgan fingerprint density at radius 2 is 1.06 bits per heavy atom. The van der Waals surface area contributed by atoms with Gasteiger partial charge in [-0.2, -0.15) is 23.4 Å². The third-order valence-electron chi connectivity index (χ3n) is 13.5. The Hall–Kier alpha value is -5.83. The third kappa shape index (κ3) is 11.0. The lowest BCUT2D eigenvalue weighted by molar-refractivity contribution is -0.138. The summed E-state index contributed by atoms with van der Waals surface area (Å²) < 4.78 is 105. The molecule has 16 nitrogen and oxygen atoms in total. The normalized spacial score (nSPS) is 17.9. The molecule has 0 N–H and O–H groups in total. The van der Waals surface area contributed by atoms with Crippen LogP contribution in [0.15, 0.2) is 24.3 Å². The van der Waals surface area contributed by atoms with Crippen molar-refractivity contribution < 1.29 is 60.0 Å². The van der Waals surface area contributed by atoms with E-state index in [1.54, 1.807) is 27.7 Å². The highest BCUT2D eigenvalue weighted by atomic mass is 19.4. The first kappa shape index (κ1) is 53.0. The molecule has 390 valence electrons. The minimum Gasteiger partial charge on any atom is -0.490 e. The van der Waals surface area contributed by atoms with E-state index in [2.05, 4.69) is 4.68 Å². The van der Waals surface area contributed by atoms with Crippen molar-refractivity contribution in [2.45, 2.75) is 118 Å². The van der Waals surface area contributed by atoms with Gasteiger partial charge in [-0.1, -0.05) is 27.7 Å². The van der Waals surface area contributed by atoms with E-state index in [-0.39, 0.29) is 35.8 Å². The number of aryl methyl sites for hydroxylation is 2. The topological polar surface area (TPSA) is 138 Å². The van der Waals surface area contributed by atoms with Crippen LogP contribution >= 0.6 is 0 Å². The van der Waals surface area contributed by atoms with E-state index in [9.17, 15) is 31.5 Å². The van der Waals surface area contributed by atoms with Crippen LogP contribution in [0, 0.1) is 13.8 Å². The molecule has 21 heteroatoms. The number of hydrogen-bond donors (Lipinski definition) is 0. The average molecular weight is 1000 g/mol. The molecule has 0 atom stereocenters. The predicted octanol–water partition coefficient (Wildman–Crippen LogP) is 10.4. The summed E-state index contributed by atoms with van der Waals surface area (Å²) in [6.07, 6.45) is -3.29. The first-order chi connectivity index (χ1) is 34.2. The summed E-state index contributed by atoms with van der Waals surface area (Å²) in [5.74, 6) is 2.22. The van der Waals surface area contributed by atoms with Gasteiger partial charge in [-0.05, 0) is 74.9 Å². The van der Waals surface area contributed by atoms with Crippen LogP contribution in [0.4, 0.5) is 54.6 Å². The molecule has 8 heterocycles. The van der Waals surface area contributed by atoms with Gasteiger partial charge in [0, 0.05) is 80.4 Å². The standard InChI is InChI=1S/C23H27F3N4O4.C23H28F2N4O4.2C2H6/c1-14-11-20-19(12-17(14)23(24,25)26)29(7-10-34-20)21-16-13-28(22(31)32-2)6-3-18(16)30(27-21)15-4-8-33-9-5-15;1-14-11-20-19(12-16(14)21(24)25)28(7-10-33-20)22-17-13-27(23(30)31-2)6-3-18(17)29(26-22)15-4-8-32-9-5-15;2*1-2/h11-12,15H,3-10,13H2,1-2H3;11-12,15,21H,3-10,13H2,1-2H3;2*1-2H3. The number of nitrogens with zero attached hydrogens (tertiary/aromatic N) is 8. The van der Waals surface area contributed by atoms with Crippen molar-refractivity contribution in [3.8, 4) is 11.5 Å². The van der Waals surface area contributed by atoms with Gasteiger partial charge >= 0.3 is 18.4 Å². The van der Waals surface area contributed by atoms with Crippen molar-refractivity contribution >= 4 is 35.2 Å². The summed E-state index contributed by atoms with van der Waals surface area (Å²) in [7, 11) is 2.71. The molecule has 2 aromatic carbocycles. The second-order valence-electron chi connectivity index (χ2n) is 17.5. The monoisotopic (exact) mass is 1000 g/mol. The number of benzene rings is 2. The molecule has 6 aliphatic rings. The fourth-order valence-corrected chi connectivity index (χ4v) is 10.0. The molecule has 10 rings (SSSR count). The number of amides is 2. The molecule has 0 aliphatic carbocycles. The summed E-state index contributed by atoms with van der Waals surface area (Å²) in [4.78, 5) is 31.5. The number of carbonyl (C=O) groups is 2. The Morgan fingerprint density at radius 1 is 0.634 bits per heavy atom. The van der Waals surface area contributed by atoms with Gasteiger partial charge in [-0.3, -0.25) is 9.36 Å². The molecule has 0 saturated carbocycles. The Balaban J connectivity index is 0.000000195. The van der Waals surface area contributed by atoms with E-state index in [0.29, 0.717) is 125 Å². The highest BCUT2D eigenvalue weighted by molar-refractivity contribution is 5.75. The summed E-state index contributed by atoms with van der Waals surface area (Å²) in [6.45, 7) is 17.0. The average Bonchev–Trinajstić information content (AvgIpc) is 3.97. The van der Waals surface area contributed by atoms with Gasteiger partial charge in [-0.15, -0.1) is 0 Å². The van der Waals surface area contributed by atoms with Gasteiger partial charge in [0.1, 0.15) is 24.7 Å². The summed E-state index contributed by atoms with van der Waals surface area (Å²) >= 11 is 0. The van der Waals surface area contributed by atoms with Gasteiger partial charge in [0.2, 0.25) is 0 Å². The lowest BCUT2D eigenvalue weighted by atomic mass is 10.0. The highest BCUT2D eigenvalue weighted by Gasteiger charge is 2.39. The molecule has 2 saturated heterocycles. The van der Waals surface area contributed by atoms with E-state index < -0.39 is 24.3 Å². The van der Waals surface area contributed by atoms with Crippen molar-refractivity contribution in [2.75, 3.05) is 89.8 Å². The molecule has 2 amide bonds. The maximum atomic E-state index is 13.7. The number of alkyl halides is 5. The van der Waals surface area contributed by atoms with Crippen molar-refractivity contribution in [1.82, 2.24) is 29.4 Å². The second kappa shape index (κ2) is 23.2. The smallest absolute Gasteiger partial charge is 0.416 e. The zero-order valence-corrected chi connectivity index (χ0v) is 42.0. The van der Waals surface area contributed by atoms with Crippen LogP contribution in [0.2, 0.25) is 0 Å². The van der Waals surface area contributed by atoms with Crippen LogP contribution in [0.1, 0.15) is 117 Å². The van der Waals surface area contributed by atoms with Crippen molar-refractivity contribution in [3.05, 3.63) is 69.0 Å². The SMILES string of the molecule is CC.CC.COC(=O)N1CCc2c(c(N3CCOc4cc(C)c(C(F)(F)F)cc43)nn2C2CCOCC2)C1.COC(=O)N1CCc2c(c(N3CCOc4cc(C)c(C(F)F)cc43)nn2C2CCOCC2)C1. The Kier molecular flexibility index (Phi) is 17.3. The van der Waals surface area contributed by atoms with Crippen LogP contribution in [0.3, 0.4) is 0 Å². The van der Waals surface area contributed by atoms with Crippen LogP contribution in [-0.4, -0.2) is 122 Å². The van der Waals surface area contributed by atoms with E-state index in [0.717, 1.165) is 54.3 Å². The fraction of sp³-hybridized carbons (Fsp3) is 0.600. The van der Waals surface area contributed by atoms with E-state index >= 15 is 0 Å². The summed E-state index contributed by atoms with van der Waals surface area (Å²) in [5.41, 5.74) is 4.68. The number of carbonyl (C=O) groups excluding carboxylic acids is 2. The van der Waals surface area contributed by atoms with Crippen LogP contribution in [0.5, 0.6) is 11.5 Å². The molecule has 6 aliphatic heterocycles. The maximum Gasteiger partial charge on any atom is 0.416 e. The van der Waals surface area contributed by atoms with Gasteiger partial charge in [-0.25, -0.2) is 18.4 Å². The molecular weight excluding hydrogens is 936 g/mol. The van der Waals surface area contributed by atoms with Gasteiger partial charge in [0.25, 0.3) is 6.43 Å². The first-order valence-corrected chi connectivity index (χ1v) is 24.7. The first-order valence-electron chi connectivity index (χ1n) is 24.7. The summed E-state index contributed by atoms with van der Waals surface area (Å²) in [6, 6.07) is 6.12. The number of rotatable bonds is 5. The van der Waals surface area contributed by atoms with Gasteiger partial charge in [0.05, 0.1) is 69.4 Å². The van der Waals surface area contributed by atoms with Crippen LogP contribution < -0.4 is 19.3 Å². The number of halogens is 5. The van der Waals surface area contributed by atoms with Crippen molar-refractivity contribution in [2.24, 2.45) is 0 Å². The number of fused-ring (bicyclic) bond motifs is 4. The molecule has 0 unspecified atom stereocenters. The molecule has 0 bridgehead atoms. The number of anilines is 4. The van der Waals surface area contributed by atoms with Gasteiger partial charge in [0.15, 0.2) is 11.6 Å². The minimum absolute atomic E-state index is 0.0156. The summed E-state index contributed by atoms with van der Waals surface area (Å²) in [5, 5.41) is 9.96. The molecule has 2 fully saturated rings. The lowest BCUT2D eigenvalue weighted by Gasteiger charge is -2.33. The number of aromatic nitrogens is 4. The highest BCUT2D eigenvalue weighted by Crippen LogP contribution is 2.46. The molecule has 0 spiro atoms. The van der Waals surface area contributed by atoms with E-state index in [1.165, 1.54) is 33.3 Å². The molecule has 0 radical (unpaired) electrons. The van der Waals surface area contributed by atoms with E-state index in [4.69, 9.17) is 38.6 Å². The number of ether oxygens (including phenoxy) is 6. The van der Waals surface area contributed by atoms with Crippen molar-refractivity contribution in [1.29, 1.82) is 0 Å². The van der Waals surface area contributed by atoms with Crippen molar-refractivity contribution in [3.63, 3.8) is 0 Å². The number of hydrogen-bond acceptors (Lipinski definition) is 12. The molecule has 2 aromatic heterocycles. The van der Waals surface area contributed by atoms with E-state index in [1.807, 2.05) is 37.3 Å². The zero-order valence-electron chi connectivity index (χ0n) is 42.0. The molecule has 71 heavy (non-hydrogen) atoms. The maximum absolute atomic E-state index is 13.7. The molecule has 4 aromatic rings. The Labute approximate surface area is 411 Å². The Bertz CT molecular complexity index is 2490. The fourth-order valence-electron chi connectivity index (χ4n) is 10.0. The quantitative estimate of drug-likeness (QED) is 0.176. The zero-order chi connectivity index (χ0) is 51.1. The number of methoxy groups -OCH3 is 2. The van der Waals surface area contributed by atoms with Gasteiger partial charge < -0.3 is 48.0 Å².